The summed E-state index contributed by atoms with van der Waals surface area (Å²) in [5.41, 5.74) is -1.10. The maximum absolute atomic E-state index is 10.7. The highest BCUT2D eigenvalue weighted by molar-refractivity contribution is 5.84. The number of carboxylic acids is 1. The van der Waals surface area contributed by atoms with Crippen molar-refractivity contribution >= 4 is 5.97 Å². The fraction of sp³-hybridized carbons (Fsp3) is 0.750. The lowest BCUT2D eigenvalue weighted by Gasteiger charge is -2.27. The minimum atomic E-state index is -0.995. The summed E-state index contributed by atoms with van der Waals surface area (Å²) in [7, 11) is 0. The average molecular weight is 151 g/mol. The lowest BCUT2D eigenvalue weighted by Crippen LogP contribution is -2.27. The largest absolute Gasteiger partial charge is 0.480 e. The number of nitriles is 1. The first-order valence-corrected chi connectivity index (χ1v) is 3.82. The first-order valence-electron chi connectivity index (χ1n) is 3.82. The molecule has 2 aliphatic rings. The van der Waals surface area contributed by atoms with Crippen molar-refractivity contribution in [3.05, 3.63) is 0 Å². The van der Waals surface area contributed by atoms with Gasteiger partial charge in [-0.1, -0.05) is 6.42 Å². The lowest BCUT2D eigenvalue weighted by atomic mass is 9.75. The third kappa shape index (κ3) is 0.518. The van der Waals surface area contributed by atoms with Gasteiger partial charge in [-0.25, -0.2) is 0 Å². The predicted molar refractivity (Wildman–Crippen MR) is 36.6 cm³/mol. The minimum Gasteiger partial charge on any atom is -0.480 e. The van der Waals surface area contributed by atoms with Crippen LogP contribution in [-0.2, 0) is 4.79 Å². The molecule has 11 heavy (non-hydrogen) atoms. The molecule has 2 fully saturated rings. The van der Waals surface area contributed by atoms with Crippen molar-refractivity contribution in [2.24, 2.45) is 10.8 Å². The molecule has 1 N–H and O–H groups in total. The fourth-order valence-electron chi connectivity index (χ4n) is 2.18. The molecule has 0 saturated heterocycles. The van der Waals surface area contributed by atoms with Gasteiger partial charge in [0.05, 0.1) is 6.07 Å². The van der Waals surface area contributed by atoms with Gasteiger partial charge >= 0.3 is 5.97 Å². The van der Waals surface area contributed by atoms with Gasteiger partial charge in [0, 0.05) is 5.41 Å². The zero-order chi connectivity index (χ0) is 8.11. The van der Waals surface area contributed by atoms with E-state index in [1.807, 2.05) is 6.07 Å². The predicted octanol–water partition coefficient (Wildman–Crippen LogP) is 1.15. The summed E-state index contributed by atoms with van der Waals surface area (Å²) in [6.45, 7) is 0. The van der Waals surface area contributed by atoms with Gasteiger partial charge in [-0.15, -0.1) is 0 Å². The number of hydrogen-bond acceptors (Lipinski definition) is 2. The molecule has 3 nitrogen and oxygen atoms in total. The van der Waals surface area contributed by atoms with E-state index in [2.05, 4.69) is 0 Å². The Bertz CT molecular complexity index is 262. The van der Waals surface area contributed by atoms with Crippen LogP contribution in [0, 0.1) is 22.2 Å². The van der Waals surface area contributed by atoms with Gasteiger partial charge < -0.3 is 5.11 Å². The van der Waals surface area contributed by atoms with Crippen LogP contribution in [0.4, 0.5) is 0 Å². The van der Waals surface area contributed by atoms with Gasteiger partial charge in [0.15, 0.2) is 5.41 Å². The Morgan fingerprint density at radius 3 is 2.27 bits per heavy atom. The van der Waals surface area contributed by atoms with Crippen LogP contribution in [0.25, 0.3) is 0 Å². The summed E-state index contributed by atoms with van der Waals surface area (Å²) in [5, 5.41) is 17.5. The van der Waals surface area contributed by atoms with Crippen LogP contribution in [0.2, 0.25) is 0 Å². The molecule has 0 heterocycles. The van der Waals surface area contributed by atoms with Gasteiger partial charge in [-0.3, -0.25) is 4.79 Å². The van der Waals surface area contributed by atoms with E-state index >= 15 is 0 Å². The number of nitrogens with zero attached hydrogens (tertiary/aromatic N) is 1. The number of carboxylic acid groups (broad SMARTS) is 1. The van der Waals surface area contributed by atoms with E-state index < -0.39 is 11.4 Å². The average Bonchev–Trinajstić information content (AvgIpc) is 2.56. The minimum absolute atomic E-state index is 0.104. The zero-order valence-corrected chi connectivity index (χ0v) is 6.13. The molecule has 0 aliphatic heterocycles. The standard InChI is InChI=1S/C8H9NO2/c9-5-8(6(10)11)4-7(8)2-1-3-7/h1-4H2,(H,10,11). The van der Waals surface area contributed by atoms with Crippen LogP contribution in [0.15, 0.2) is 0 Å². The van der Waals surface area contributed by atoms with Crippen LogP contribution in [0.1, 0.15) is 25.7 Å². The highest BCUT2D eigenvalue weighted by atomic mass is 16.4. The van der Waals surface area contributed by atoms with Crippen LogP contribution >= 0.6 is 0 Å². The van der Waals surface area contributed by atoms with Crippen molar-refractivity contribution in [2.75, 3.05) is 0 Å². The SMILES string of the molecule is N#CC1(C(=O)O)CC12CCC2. The lowest BCUT2D eigenvalue weighted by molar-refractivity contribution is -0.143. The second-order valence-electron chi connectivity index (χ2n) is 3.63. The van der Waals surface area contributed by atoms with E-state index in [1.54, 1.807) is 0 Å². The molecular formula is C8H9NO2. The second-order valence-corrected chi connectivity index (χ2v) is 3.63. The summed E-state index contributed by atoms with van der Waals surface area (Å²) in [6.07, 6.45) is 3.56. The molecule has 0 aromatic carbocycles. The summed E-state index contributed by atoms with van der Waals surface area (Å²) in [4.78, 5) is 10.7. The second kappa shape index (κ2) is 1.58. The van der Waals surface area contributed by atoms with Crippen molar-refractivity contribution in [3.8, 4) is 6.07 Å². The van der Waals surface area contributed by atoms with Gasteiger partial charge in [-0.2, -0.15) is 5.26 Å². The molecule has 2 saturated carbocycles. The topological polar surface area (TPSA) is 61.1 Å². The molecule has 58 valence electrons. The van der Waals surface area contributed by atoms with Crippen molar-refractivity contribution in [2.45, 2.75) is 25.7 Å². The van der Waals surface area contributed by atoms with Crippen LogP contribution in [0.3, 0.4) is 0 Å². The van der Waals surface area contributed by atoms with Gasteiger partial charge in [0.25, 0.3) is 0 Å². The summed E-state index contributed by atoms with van der Waals surface area (Å²) < 4.78 is 0. The van der Waals surface area contributed by atoms with E-state index in [1.165, 1.54) is 0 Å². The Labute approximate surface area is 64.6 Å². The number of rotatable bonds is 1. The smallest absolute Gasteiger partial charge is 0.324 e. The van der Waals surface area contributed by atoms with Crippen molar-refractivity contribution < 1.29 is 9.90 Å². The Hall–Kier alpha value is -1.04. The Balaban J connectivity index is 2.26. The van der Waals surface area contributed by atoms with Crippen LogP contribution in [0.5, 0.6) is 0 Å². The molecule has 1 atom stereocenters. The van der Waals surface area contributed by atoms with Gasteiger partial charge in [0.2, 0.25) is 0 Å². The van der Waals surface area contributed by atoms with Crippen molar-refractivity contribution in [3.63, 3.8) is 0 Å². The molecule has 0 aromatic heterocycles. The molecule has 2 aliphatic carbocycles. The Morgan fingerprint density at radius 2 is 2.18 bits per heavy atom. The van der Waals surface area contributed by atoms with Crippen molar-refractivity contribution in [1.82, 2.24) is 0 Å². The van der Waals surface area contributed by atoms with Crippen molar-refractivity contribution in [1.29, 1.82) is 5.26 Å². The first-order chi connectivity index (χ1) is 5.17. The summed E-state index contributed by atoms with van der Waals surface area (Å²) >= 11 is 0. The van der Waals surface area contributed by atoms with Crippen LogP contribution in [-0.4, -0.2) is 11.1 Å². The number of aliphatic carboxylic acids is 1. The molecule has 0 aromatic rings. The van der Waals surface area contributed by atoms with E-state index in [-0.39, 0.29) is 5.41 Å². The van der Waals surface area contributed by atoms with E-state index in [4.69, 9.17) is 10.4 Å². The van der Waals surface area contributed by atoms with E-state index in [0.717, 1.165) is 19.3 Å². The zero-order valence-electron chi connectivity index (χ0n) is 6.13. The summed E-state index contributed by atoms with van der Waals surface area (Å²) in [5.74, 6) is -0.917. The highest BCUT2D eigenvalue weighted by Gasteiger charge is 2.75. The molecule has 3 heteroatoms. The molecule has 1 spiro atoms. The van der Waals surface area contributed by atoms with E-state index in [9.17, 15) is 4.79 Å². The molecule has 0 amide bonds. The fourth-order valence-corrected chi connectivity index (χ4v) is 2.18. The Kier molecular flexibility index (Phi) is 0.956. The maximum atomic E-state index is 10.7. The van der Waals surface area contributed by atoms with Gasteiger partial charge in [0.1, 0.15) is 0 Å². The molecule has 1 unspecified atom stereocenters. The summed E-state index contributed by atoms with van der Waals surface area (Å²) in [6, 6.07) is 1.95. The monoisotopic (exact) mass is 151 g/mol. The molecule has 0 bridgehead atoms. The third-order valence-electron chi connectivity index (χ3n) is 3.25. The quantitative estimate of drug-likeness (QED) is 0.611. The van der Waals surface area contributed by atoms with Gasteiger partial charge in [-0.05, 0) is 19.3 Å². The third-order valence-corrected chi connectivity index (χ3v) is 3.25. The molecular weight excluding hydrogens is 142 g/mol. The molecule has 2 rings (SSSR count). The van der Waals surface area contributed by atoms with E-state index in [0.29, 0.717) is 6.42 Å². The first kappa shape index (κ1) is 6.66. The molecule has 0 radical (unpaired) electrons. The Morgan fingerprint density at radius 1 is 1.55 bits per heavy atom. The number of hydrogen-bond donors (Lipinski definition) is 1. The number of carbonyl (C=O) groups is 1. The maximum Gasteiger partial charge on any atom is 0.324 e. The highest BCUT2D eigenvalue weighted by Crippen LogP contribution is 2.73. The van der Waals surface area contributed by atoms with Crippen LogP contribution < -0.4 is 0 Å². The normalized spacial score (nSPS) is 37.4.